The molecule has 1 aliphatic heterocycles. The van der Waals surface area contributed by atoms with Crippen molar-refractivity contribution in [3.63, 3.8) is 0 Å². The lowest BCUT2D eigenvalue weighted by Crippen LogP contribution is -2.43. The lowest BCUT2D eigenvalue weighted by atomic mass is 9.74. The van der Waals surface area contributed by atoms with E-state index >= 15 is 0 Å². The van der Waals surface area contributed by atoms with Gasteiger partial charge in [0.1, 0.15) is 5.82 Å². The van der Waals surface area contributed by atoms with Crippen molar-refractivity contribution in [1.82, 2.24) is 0 Å². The molecule has 1 aromatic rings. The van der Waals surface area contributed by atoms with Crippen LogP contribution in [0.3, 0.4) is 0 Å². The van der Waals surface area contributed by atoms with Crippen molar-refractivity contribution in [2.75, 3.05) is 19.8 Å². The molecular weight excluding hydrogens is 233 g/mol. The fraction of sp³-hybridized carbons (Fsp3) is 0.500. The summed E-state index contributed by atoms with van der Waals surface area (Å²) in [4.78, 5) is 12.6. The van der Waals surface area contributed by atoms with Crippen molar-refractivity contribution in [1.29, 1.82) is 0 Å². The Labute approximate surface area is 106 Å². The SMILES string of the molecule is Cc1cc(F)cc(C(=O)C2(CN)CCOCC2)c1. The highest BCUT2D eigenvalue weighted by Crippen LogP contribution is 2.33. The van der Waals surface area contributed by atoms with Crippen LogP contribution in [0.5, 0.6) is 0 Å². The first-order valence-electron chi connectivity index (χ1n) is 6.17. The summed E-state index contributed by atoms with van der Waals surface area (Å²) < 4.78 is 18.7. The maximum Gasteiger partial charge on any atom is 0.170 e. The molecule has 0 unspecified atom stereocenters. The van der Waals surface area contributed by atoms with Crippen LogP contribution in [0.1, 0.15) is 28.8 Å². The van der Waals surface area contributed by atoms with Gasteiger partial charge in [-0.1, -0.05) is 0 Å². The van der Waals surface area contributed by atoms with Crippen molar-refractivity contribution in [3.05, 3.63) is 35.1 Å². The van der Waals surface area contributed by atoms with Crippen LogP contribution >= 0.6 is 0 Å². The monoisotopic (exact) mass is 251 g/mol. The average molecular weight is 251 g/mol. The second-order valence-electron chi connectivity index (χ2n) is 4.94. The molecule has 0 bridgehead atoms. The number of carbonyl (C=O) groups excluding carboxylic acids is 1. The first kappa shape index (κ1) is 13.2. The second-order valence-corrected chi connectivity index (χ2v) is 4.94. The third-order valence-electron chi connectivity index (χ3n) is 3.63. The maximum atomic E-state index is 13.4. The van der Waals surface area contributed by atoms with Crippen LogP contribution in [0.15, 0.2) is 18.2 Å². The van der Waals surface area contributed by atoms with Crippen LogP contribution in [0.4, 0.5) is 4.39 Å². The highest BCUT2D eigenvalue weighted by molar-refractivity contribution is 6.01. The van der Waals surface area contributed by atoms with Gasteiger partial charge in [-0.25, -0.2) is 4.39 Å². The van der Waals surface area contributed by atoms with Crippen molar-refractivity contribution in [2.45, 2.75) is 19.8 Å². The van der Waals surface area contributed by atoms with Crippen LogP contribution in [0.2, 0.25) is 0 Å². The minimum Gasteiger partial charge on any atom is -0.381 e. The molecule has 0 aliphatic carbocycles. The summed E-state index contributed by atoms with van der Waals surface area (Å²) in [5, 5.41) is 0. The van der Waals surface area contributed by atoms with Gasteiger partial charge in [-0.05, 0) is 43.5 Å². The molecule has 0 spiro atoms. The normalized spacial score (nSPS) is 18.6. The summed E-state index contributed by atoms with van der Waals surface area (Å²) in [6.07, 6.45) is 1.22. The second kappa shape index (κ2) is 5.16. The Morgan fingerprint density at radius 3 is 2.61 bits per heavy atom. The van der Waals surface area contributed by atoms with Gasteiger partial charge < -0.3 is 10.5 Å². The van der Waals surface area contributed by atoms with E-state index in [-0.39, 0.29) is 18.1 Å². The summed E-state index contributed by atoms with van der Waals surface area (Å²) in [5.41, 5.74) is 6.36. The van der Waals surface area contributed by atoms with Crippen molar-refractivity contribution in [2.24, 2.45) is 11.1 Å². The molecule has 18 heavy (non-hydrogen) atoms. The summed E-state index contributed by atoms with van der Waals surface area (Å²) >= 11 is 0. The van der Waals surface area contributed by atoms with Crippen LogP contribution in [-0.4, -0.2) is 25.5 Å². The number of hydrogen-bond donors (Lipinski definition) is 1. The molecule has 1 aliphatic rings. The highest BCUT2D eigenvalue weighted by atomic mass is 19.1. The van der Waals surface area contributed by atoms with Crippen LogP contribution in [0, 0.1) is 18.2 Å². The molecule has 1 aromatic carbocycles. The molecule has 1 fully saturated rings. The summed E-state index contributed by atoms with van der Waals surface area (Å²) in [5.74, 6) is -0.437. The third kappa shape index (κ3) is 2.44. The fourth-order valence-corrected chi connectivity index (χ4v) is 2.46. The van der Waals surface area contributed by atoms with Crippen LogP contribution in [0.25, 0.3) is 0 Å². The Kier molecular flexibility index (Phi) is 3.78. The van der Waals surface area contributed by atoms with E-state index in [2.05, 4.69) is 0 Å². The van der Waals surface area contributed by atoms with Gasteiger partial charge >= 0.3 is 0 Å². The number of hydrogen-bond acceptors (Lipinski definition) is 3. The van der Waals surface area contributed by atoms with Crippen LogP contribution < -0.4 is 5.73 Å². The number of rotatable bonds is 3. The fourth-order valence-electron chi connectivity index (χ4n) is 2.46. The van der Waals surface area contributed by atoms with Gasteiger partial charge in [-0.15, -0.1) is 0 Å². The maximum absolute atomic E-state index is 13.4. The Hall–Kier alpha value is -1.26. The molecule has 0 radical (unpaired) electrons. The number of carbonyl (C=O) groups is 1. The Balaban J connectivity index is 2.33. The predicted molar refractivity (Wildman–Crippen MR) is 67.0 cm³/mol. The molecule has 1 heterocycles. The molecule has 0 amide bonds. The Morgan fingerprint density at radius 1 is 1.39 bits per heavy atom. The van der Waals surface area contributed by atoms with Gasteiger partial charge in [0.05, 0.1) is 5.41 Å². The number of aryl methyl sites for hydroxylation is 1. The van der Waals surface area contributed by atoms with E-state index in [0.29, 0.717) is 31.6 Å². The predicted octanol–water partition coefficient (Wildman–Crippen LogP) is 2.07. The molecule has 3 nitrogen and oxygen atoms in total. The number of benzene rings is 1. The molecule has 0 saturated carbocycles. The molecule has 98 valence electrons. The molecule has 0 atom stereocenters. The van der Waals surface area contributed by atoms with E-state index in [9.17, 15) is 9.18 Å². The van der Waals surface area contributed by atoms with Gasteiger partial charge in [0, 0.05) is 25.3 Å². The van der Waals surface area contributed by atoms with E-state index in [0.717, 1.165) is 5.56 Å². The van der Waals surface area contributed by atoms with Crippen molar-refractivity contribution >= 4 is 5.78 Å². The molecule has 4 heteroatoms. The zero-order valence-corrected chi connectivity index (χ0v) is 10.5. The van der Waals surface area contributed by atoms with Gasteiger partial charge in [0.15, 0.2) is 5.78 Å². The lowest BCUT2D eigenvalue weighted by molar-refractivity contribution is 0.0200. The zero-order chi connectivity index (χ0) is 13.2. The summed E-state index contributed by atoms with van der Waals surface area (Å²) in [7, 11) is 0. The van der Waals surface area contributed by atoms with E-state index in [1.807, 2.05) is 0 Å². The molecule has 0 aromatic heterocycles. The quantitative estimate of drug-likeness (QED) is 0.837. The summed E-state index contributed by atoms with van der Waals surface area (Å²) in [6, 6.07) is 4.43. The largest absolute Gasteiger partial charge is 0.381 e. The zero-order valence-electron chi connectivity index (χ0n) is 10.5. The summed E-state index contributed by atoms with van der Waals surface area (Å²) in [6.45, 7) is 3.14. The number of Topliss-reactive ketones (excluding diaryl/α,β-unsaturated/α-hetero) is 1. The standard InChI is InChI=1S/C14H18FNO2/c1-10-6-11(8-12(15)7-10)13(17)14(9-16)2-4-18-5-3-14/h6-8H,2-5,9,16H2,1H3. The topological polar surface area (TPSA) is 52.3 Å². The number of ether oxygens (including phenoxy) is 1. The van der Waals surface area contributed by atoms with Gasteiger partial charge in [0.25, 0.3) is 0 Å². The number of nitrogens with two attached hydrogens (primary N) is 1. The van der Waals surface area contributed by atoms with Gasteiger partial charge in [-0.3, -0.25) is 4.79 Å². The molecular formula is C14H18FNO2. The minimum atomic E-state index is -0.585. The van der Waals surface area contributed by atoms with Gasteiger partial charge in [0.2, 0.25) is 0 Å². The molecule has 2 rings (SSSR count). The third-order valence-corrected chi connectivity index (χ3v) is 3.63. The minimum absolute atomic E-state index is 0.0594. The van der Waals surface area contributed by atoms with Crippen molar-refractivity contribution in [3.8, 4) is 0 Å². The van der Waals surface area contributed by atoms with E-state index in [1.165, 1.54) is 12.1 Å². The molecule has 1 saturated heterocycles. The average Bonchev–Trinajstić information content (AvgIpc) is 2.37. The first-order valence-corrected chi connectivity index (χ1v) is 6.17. The van der Waals surface area contributed by atoms with Crippen molar-refractivity contribution < 1.29 is 13.9 Å². The molecule has 2 N–H and O–H groups in total. The Bertz CT molecular complexity index is 433. The number of halogens is 1. The smallest absolute Gasteiger partial charge is 0.170 e. The first-order chi connectivity index (χ1) is 8.57. The highest BCUT2D eigenvalue weighted by Gasteiger charge is 2.39. The Morgan fingerprint density at radius 2 is 2.06 bits per heavy atom. The lowest BCUT2D eigenvalue weighted by Gasteiger charge is -2.34. The van der Waals surface area contributed by atoms with E-state index in [4.69, 9.17) is 10.5 Å². The number of ketones is 1. The van der Waals surface area contributed by atoms with Crippen LogP contribution in [-0.2, 0) is 4.74 Å². The van der Waals surface area contributed by atoms with Gasteiger partial charge in [-0.2, -0.15) is 0 Å². The van der Waals surface area contributed by atoms with E-state index < -0.39 is 5.41 Å². The van der Waals surface area contributed by atoms with E-state index in [1.54, 1.807) is 13.0 Å².